The minimum atomic E-state index is -0.684. The lowest BCUT2D eigenvalue weighted by atomic mass is 10.0. The van der Waals surface area contributed by atoms with Crippen LogP contribution in [0.15, 0.2) is 48.7 Å². The van der Waals surface area contributed by atoms with E-state index in [-0.39, 0.29) is 12.3 Å². The molecule has 0 bridgehead atoms. The molecular formula is C17H19ClN4O2. The van der Waals surface area contributed by atoms with Crippen molar-refractivity contribution < 1.29 is 9.59 Å². The molecule has 126 valence electrons. The second-order valence-corrected chi connectivity index (χ2v) is 5.67. The van der Waals surface area contributed by atoms with E-state index < -0.39 is 12.1 Å². The lowest BCUT2D eigenvalue weighted by molar-refractivity contribution is -0.121. The first kappa shape index (κ1) is 17.7. The van der Waals surface area contributed by atoms with Crippen molar-refractivity contribution in [1.82, 2.24) is 15.6 Å². The number of hydrogen-bond acceptors (Lipinski definition) is 3. The van der Waals surface area contributed by atoms with Gasteiger partial charge >= 0.3 is 6.03 Å². The van der Waals surface area contributed by atoms with Crippen molar-refractivity contribution >= 4 is 23.5 Å². The van der Waals surface area contributed by atoms with Gasteiger partial charge in [0.1, 0.15) is 0 Å². The van der Waals surface area contributed by atoms with E-state index in [0.717, 1.165) is 11.3 Å². The van der Waals surface area contributed by atoms with Gasteiger partial charge in [0.05, 0.1) is 12.5 Å². The van der Waals surface area contributed by atoms with E-state index in [1.807, 2.05) is 18.2 Å². The van der Waals surface area contributed by atoms with E-state index in [2.05, 4.69) is 15.6 Å². The third-order valence-corrected chi connectivity index (χ3v) is 3.66. The zero-order chi connectivity index (χ0) is 17.4. The van der Waals surface area contributed by atoms with E-state index >= 15 is 0 Å². The van der Waals surface area contributed by atoms with Gasteiger partial charge in [-0.1, -0.05) is 29.8 Å². The van der Waals surface area contributed by atoms with Crippen molar-refractivity contribution in [2.75, 3.05) is 6.54 Å². The molecule has 1 aromatic heterocycles. The van der Waals surface area contributed by atoms with Crippen LogP contribution in [0.3, 0.4) is 0 Å². The van der Waals surface area contributed by atoms with E-state index in [4.69, 9.17) is 17.3 Å². The van der Waals surface area contributed by atoms with Gasteiger partial charge in [0.15, 0.2) is 0 Å². The second-order valence-electron chi connectivity index (χ2n) is 5.24. The number of rotatable bonds is 7. The first-order chi connectivity index (χ1) is 11.5. The quantitative estimate of drug-likeness (QED) is 0.716. The standard InChI is InChI=1S/C17H19ClN4O2/c18-13-6-4-12(5-7-13)15(22-17(19)24)11-16(23)21-10-8-14-3-1-2-9-20-14/h1-7,9,15H,8,10-11H2,(H,21,23)(H3,19,22,24)/t15-/m0/s1. The first-order valence-electron chi connectivity index (χ1n) is 7.52. The number of hydrogen-bond donors (Lipinski definition) is 3. The van der Waals surface area contributed by atoms with Gasteiger partial charge in [-0.2, -0.15) is 0 Å². The van der Waals surface area contributed by atoms with Crippen molar-refractivity contribution in [3.8, 4) is 0 Å². The molecule has 0 saturated heterocycles. The van der Waals surface area contributed by atoms with Crippen LogP contribution in [0.4, 0.5) is 4.79 Å². The highest BCUT2D eigenvalue weighted by Crippen LogP contribution is 2.19. The summed E-state index contributed by atoms with van der Waals surface area (Å²) in [5, 5.41) is 5.98. The average molecular weight is 347 g/mol. The zero-order valence-corrected chi connectivity index (χ0v) is 13.8. The van der Waals surface area contributed by atoms with Crippen LogP contribution in [-0.4, -0.2) is 23.5 Å². The number of nitrogens with one attached hydrogen (secondary N) is 2. The van der Waals surface area contributed by atoms with Gasteiger partial charge in [0.2, 0.25) is 5.91 Å². The Kier molecular flexibility index (Phi) is 6.57. The van der Waals surface area contributed by atoms with Gasteiger partial charge in [0.25, 0.3) is 0 Å². The van der Waals surface area contributed by atoms with Gasteiger partial charge in [0, 0.05) is 29.9 Å². The maximum absolute atomic E-state index is 12.1. The van der Waals surface area contributed by atoms with Crippen LogP contribution in [0.1, 0.15) is 23.7 Å². The maximum atomic E-state index is 12.1. The number of carbonyl (C=O) groups excluding carboxylic acids is 2. The number of urea groups is 1. The third-order valence-electron chi connectivity index (χ3n) is 3.41. The molecule has 0 fully saturated rings. The molecule has 1 atom stereocenters. The maximum Gasteiger partial charge on any atom is 0.312 e. The van der Waals surface area contributed by atoms with Gasteiger partial charge in [-0.3, -0.25) is 9.78 Å². The average Bonchev–Trinajstić information content (AvgIpc) is 2.55. The molecule has 4 N–H and O–H groups in total. The van der Waals surface area contributed by atoms with Crippen molar-refractivity contribution in [2.24, 2.45) is 5.73 Å². The molecule has 3 amide bonds. The normalized spacial score (nSPS) is 11.5. The largest absolute Gasteiger partial charge is 0.356 e. The molecule has 2 rings (SSSR count). The van der Waals surface area contributed by atoms with Crippen LogP contribution in [0.5, 0.6) is 0 Å². The Labute approximate surface area is 145 Å². The number of carbonyl (C=O) groups is 2. The lowest BCUT2D eigenvalue weighted by Gasteiger charge is -2.18. The molecule has 0 aliphatic rings. The van der Waals surface area contributed by atoms with Crippen molar-refractivity contribution in [2.45, 2.75) is 18.9 Å². The lowest BCUT2D eigenvalue weighted by Crippen LogP contribution is -2.37. The van der Waals surface area contributed by atoms with E-state index in [1.165, 1.54) is 0 Å². The van der Waals surface area contributed by atoms with Gasteiger partial charge in [-0.25, -0.2) is 4.79 Å². The van der Waals surface area contributed by atoms with Crippen LogP contribution < -0.4 is 16.4 Å². The highest BCUT2D eigenvalue weighted by atomic mass is 35.5. The number of nitrogens with two attached hydrogens (primary N) is 1. The predicted molar refractivity (Wildman–Crippen MR) is 92.5 cm³/mol. The highest BCUT2D eigenvalue weighted by molar-refractivity contribution is 6.30. The molecule has 6 nitrogen and oxygen atoms in total. The number of amides is 3. The Morgan fingerprint density at radius 1 is 1.17 bits per heavy atom. The predicted octanol–water partition coefficient (Wildman–Crippen LogP) is 2.19. The number of primary amides is 1. The number of nitrogens with zero attached hydrogens (tertiary/aromatic N) is 1. The van der Waals surface area contributed by atoms with Crippen molar-refractivity contribution in [3.63, 3.8) is 0 Å². The molecule has 0 spiro atoms. The molecule has 0 saturated carbocycles. The van der Waals surface area contributed by atoms with Gasteiger partial charge in [-0.05, 0) is 29.8 Å². The summed E-state index contributed by atoms with van der Waals surface area (Å²) in [5.74, 6) is -0.181. The molecule has 1 heterocycles. The van der Waals surface area contributed by atoms with Crippen LogP contribution in [0.2, 0.25) is 5.02 Å². The SMILES string of the molecule is NC(=O)N[C@@H](CC(=O)NCCc1ccccn1)c1ccc(Cl)cc1. The smallest absolute Gasteiger partial charge is 0.312 e. The van der Waals surface area contributed by atoms with E-state index in [9.17, 15) is 9.59 Å². The van der Waals surface area contributed by atoms with Gasteiger partial charge in [-0.15, -0.1) is 0 Å². The van der Waals surface area contributed by atoms with Crippen LogP contribution in [0, 0.1) is 0 Å². The Morgan fingerprint density at radius 3 is 2.54 bits per heavy atom. The first-order valence-corrected chi connectivity index (χ1v) is 7.90. The van der Waals surface area contributed by atoms with Crippen LogP contribution in [-0.2, 0) is 11.2 Å². The molecule has 2 aromatic rings. The summed E-state index contributed by atoms with van der Waals surface area (Å²) in [7, 11) is 0. The Bertz CT molecular complexity index is 677. The Balaban J connectivity index is 1.89. The molecule has 0 unspecified atom stereocenters. The Hall–Kier alpha value is -2.60. The highest BCUT2D eigenvalue weighted by Gasteiger charge is 2.17. The fourth-order valence-corrected chi connectivity index (χ4v) is 2.38. The molecule has 1 aromatic carbocycles. The fraction of sp³-hybridized carbons (Fsp3) is 0.235. The third kappa shape index (κ3) is 5.89. The topological polar surface area (TPSA) is 97.1 Å². The summed E-state index contributed by atoms with van der Waals surface area (Å²) in [6.07, 6.45) is 2.44. The summed E-state index contributed by atoms with van der Waals surface area (Å²) in [6, 6.07) is 11.4. The van der Waals surface area contributed by atoms with Crippen LogP contribution >= 0.6 is 11.6 Å². The van der Waals surface area contributed by atoms with E-state index in [0.29, 0.717) is 18.0 Å². The minimum absolute atomic E-state index is 0.0901. The zero-order valence-electron chi connectivity index (χ0n) is 13.0. The number of pyridine rings is 1. The molecule has 24 heavy (non-hydrogen) atoms. The number of aromatic nitrogens is 1. The molecular weight excluding hydrogens is 328 g/mol. The van der Waals surface area contributed by atoms with Crippen LogP contribution in [0.25, 0.3) is 0 Å². The molecule has 0 aliphatic carbocycles. The summed E-state index contributed by atoms with van der Waals surface area (Å²) in [6.45, 7) is 0.472. The monoisotopic (exact) mass is 346 g/mol. The summed E-state index contributed by atoms with van der Waals surface area (Å²) < 4.78 is 0. The number of benzene rings is 1. The summed E-state index contributed by atoms with van der Waals surface area (Å²) in [5.41, 5.74) is 6.86. The summed E-state index contributed by atoms with van der Waals surface area (Å²) >= 11 is 5.86. The van der Waals surface area contributed by atoms with E-state index in [1.54, 1.807) is 30.5 Å². The fourth-order valence-electron chi connectivity index (χ4n) is 2.25. The number of halogens is 1. The van der Waals surface area contributed by atoms with Crippen molar-refractivity contribution in [3.05, 3.63) is 64.9 Å². The van der Waals surface area contributed by atoms with Gasteiger partial charge < -0.3 is 16.4 Å². The molecule has 0 radical (unpaired) electrons. The Morgan fingerprint density at radius 2 is 1.92 bits per heavy atom. The summed E-state index contributed by atoms with van der Waals surface area (Å²) in [4.78, 5) is 27.5. The molecule has 0 aliphatic heterocycles. The molecule has 7 heteroatoms. The second kappa shape index (κ2) is 8.88. The minimum Gasteiger partial charge on any atom is -0.356 e. The van der Waals surface area contributed by atoms with Crippen molar-refractivity contribution in [1.29, 1.82) is 0 Å².